The lowest BCUT2D eigenvalue weighted by atomic mass is 9.86. The van der Waals surface area contributed by atoms with Crippen LogP contribution in [0.1, 0.15) is 51.0 Å². The molecule has 2 aliphatic rings. The molecule has 2 fully saturated rings. The number of rotatable bonds is 5. The highest BCUT2D eigenvalue weighted by atomic mass is 16.5. The lowest BCUT2D eigenvalue weighted by Gasteiger charge is -2.20. The van der Waals surface area contributed by atoms with Gasteiger partial charge in [-0.15, -0.1) is 0 Å². The number of anilines is 1. The van der Waals surface area contributed by atoms with Crippen LogP contribution in [0.3, 0.4) is 0 Å². The van der Waals surface area contributed by atoms with E-state index in [9.17, 15) is 9.59 Å². The van der Waals surface area contributed by atoms with Crippen molar-refractivity contribution in [3.63, 3.8) is 0 Å². The monoisotopic (exact) mass is 375 g/mol. The number of pyridine rings is 1. The number of benzene rings is 1. The van der Waals surface area contributed by atoms with E-state index >= 15 is 0 Å². The molecule has 1 aliphatic heterocycles. The van der Waals surface area contributed by atoms with E-state index in [1.54, 1.807) is 24.3 Å². The van der Waals surface area contributed by atoms with Gasteiger partial charge in [0.05, 0.1) is 23.9 Å². The maximum Gasteiger partial charge on any atom is 0.240 e. The number of imide groups is 1. The Morgan fingerprint density at radius 2 is 2.07 bits per heavy atom. The molecule has 1 atom stereocenters. The van der Waals surface area contributed by atoms with E-state index in [1.165, 1.54) is 11.1 Å². The summed E-state index contributed by atoms with van der Waals surface area (Å²) < 4.78 is 5.94. The molecule has 0 N–H and O–H groups in total. The Morgan fingerprint density at radius 3 is 2.64 bits per heavy atom. The molecule has 2 amide bonds. The summed E-state index contributed by atoms with van der Waals surface area (Å²) in [6.45, 7) is 10.9. The molecule has 1 aliphatic carbocycles. The largest absolute Gasteiger partial charge is 0.439 e. The minimum atomic E-state index is -0.643. The molecule has 6 nitrogen and oxygen atoms in total. The molecule has 0 bridgehead atoms. The van der Waals surface area contributed by atoms with Crippen molar-refractivity contribution in [2.24, 2.45) is 5.41 Å². The van der Waals surface area contributed by atoms with Gasteiger partial charge in [-0.05, 0) is 48.9 Å². The molecule has 4 rings (SSSR count). The highest BCUT2D eigenvalue weighted by Gasteiger charge is 2.47. The third-order valence-electron chi connectivity index (χ3n) is 5.62. The molecule has 0 unspecified atom stereocenters. The predicted octanol–water partition coefficient (Wildman–Crippen LogP) is 4.98. The first-order chi connectivity index (χ1) is 13.4. The Kier molecular flexibility index (Phi) is 4.38. The van der Waals surface area contributed by atoms with Gasteiger partial charge in [0, 0.05) is 12.5 Å². The van der Waals surface area contributed by atoms with Gasteiger partial charge in [0.15, 0.2) is 5.69 Å². The van der Waals surface area contributed by atoms with E-state index in [-0.39, 0.29) is 18.2 Å². The SMILES string of the molecule is [C-]#[N+]c1ccc(Oc2ccc(N3C(=O)C[C@](C)(CC)C3=O)cn2)c(C2CC2)c1. The van der Waals surface area contributed by atoms with Crippen molar-refractivity contribution < 1.29 is 14.3 Å². The van der Waals surface area contributed by atoms with Gasteiger partial charge in [-0.1, -0.05) is 19.9 Å². The van der Waals surface area contributed by atoms with Crippen molar-refractivity contribution in [2.45, 2.75) is 45.4 Å². The van der Waals surface area contributed by atoms with Crippen LogP contribution in [0.15, 0.2) is 36.5 Å². The number of nitrogens with zero attached hydrogens (tertiary/aromatic N) is 3. The highest BCUT2D eigenvalue weighted by Crippen LogP contribution is 2.46. The Labute approximate surface area is 164 Å². The standard InChI is InChI=1S/C22H21N3O3/c1-4-22(2)12-20(26)25(21(22)27)16-8-10-19(24-13-16)28-18-9-7-15(23-3)11-17(18)14-5-6-14/h7-11,13-14H,4-6,12H2,1-2H3/t22-/m0/s1. The predicted molar refractivity (Wildman–Crippen MR) is 104 cm³/mol. The number of amides is 2. The van der Waals surface area contributed by atoms with Crippen molar-refractivity contribution in [2.75, 3.05) is 4.90 Å². The molecule has 1 aromatic carbocycles. The van der Waals surface area contributed by atoms with E-state index in [4.69, 9.17) is 11.3 Å². The Hall–Kier alpha value is -3.20. The summed E-state index contributed by atoms with van der Waals surface area (Å²) in [6, 6.07) is 8.76. The first kappa shape index (κ1) is 18.2. The zero-order valence-electron chi connectivity index (χ0n) is 15.9. The fourth-order valence-corrected chi connectivity index (χ4v) is 3.50. The van der Waals surface area contributed by atoms with Crippen molar-refractivity contribution in [1.82, 2.24) is 4.98 Å². The van der Waals surface area contributed by atoms with Crippen molar-refractivity contribution in [3.8, 4) is 11.6 Å². The molecule has 0 spiro atoms. The number of ether oxygens (including phenoxy) is 1. The summed E-state index contributed by atoms with van der Waals surface area (Å²) in [7, 11) is 0. The summed E-state index contributed by atoms with van der Waals surface area (Å²) in [4.78, 5) is 34.0. The van der Waals surface area contributed by atoms with Crippen LogP contribution in [0.25, 0.3) is 4.85 Å². The number of carbonyl (C=O) groups excluding carboxylic acids is 2. The molecule has 1 saturated carbocycles. The van der Waals surface area contributed by atoms with E-state index in [2.05, 4.69) is 9.83 Å². The molecule has 0 radical (unpaired) electrons. The number of aromatic nitrogens is 1. The van der Waals surface area contributed by atoms with E-state index in [0.29, 0.717) is 35.3 Å². The lowest BCUT2D eigenvalue weighted by molar-refractivity contribution is -0.125. The van der Waals surface area contributed by atoms with Crippen molar-refractivity contribution >= 4 is 23.2 Å². The fourth-order valence-electron chi connectivity index (χ4n) is 3.50. The quantitative estimate of drug-likeness (QED) is 0.546. The maximum absolute atomic E-state index is 12.7. The van der Waals surface area contributed by atoms with Crippen LogP contribution in [0.2, 0.25) is 0 Å². The zero-order valence-corrected chi connectivity index (χ0v) is 15.9. The van der Waals surface area contributed by atoms with Crippen LogP contribution in [0.4, 0.5) is 11.4 Å². The molecule has 2 aromatic rings. The van der Waals surface area contributed by atoms with Crippen LogP contribution in [0.5, 0.6) is 11.6 Å². The molecule has 6 heteroatoms. The van der Waals surface area contributed by atoms with Gasteiger partial charge in [-0.25, -0.2) is 14.7 Å². The van der Waals surface area contributed by atoms with Crippen molar-refractivity contribution in [1.29, 1.82) is 0 Å². The van der Waals surface area contributed by atoms with Crippen LogP contribution in [-0.4, -0.2) is 16.8 Å². The second-order valence-electron chi connectivity index (χ2n) is 7.69. The van der Waals surface area contributed by atoms with Crippen LogP contribution < -0.4 is 9.64 Å². The minimum Gasteiger partial charge on any atom is -0.439 e. The number of hydrogen-bond donors (Lipinski definition) is 0. The normalized spacial score (nSPS) is 21.7. The highest BCUT2D eigenvalue weighted by molar-refractivity contribution is 6.22. The summed E-state index contributed by atoms with van der Waals surface area (Å²) in [5.74, 6) is 1.14. The Balaban J connectivity index is 1.56. The number of carbonyl (C=O) groups is 2. The van der Waals surface area contributed by atoms with E-state index in [1.807, 2.05) is 19.9 Å². The first-order valence-corrected chi connectivity index (χ1v) is 9.48. The van der Waals surface area contributed by atoms with E-state index < -0.39 is 5.41 Å². The maximum atomic E-state index is 12.7. The van der Waals surface area contributed by atoms with Gasteiger partial charge in [0.25, 0.3) is 0 Å². The fraction of sp³-hybridized carbons (Fsp3) is 0.364. The van der Waals surface area contributed by atoms with Crippen molar-refractivity contribution in [3.05, 3.63) is 53.5 Å². The van der Waals surface area contributed by atoms with Gasteiger partial charge < -0.3 is 4.74 Å². The molecule has 1 aromatic heterocycles. The van der Waals surface area contributed by atoms with Crippen LogP contribution in [0, 0.1) is 12.0 Å². The van der Waals surface area contributed by atoms with Crippen LogP contribution in [-0.2, 0) is 9.59 Å². The summed E-state index contributed by atoms with van der Waals surface area (Å²) in [5, 5.41) is 0. The molecule has 2 heterocycles. The first-order valence-electron chi connectivity index (χ1n) is 9.48. The molecular formula is C22H21N3O3. The summed E-state index contributed by atoms with van der Waals surface area (Å²) >= 11 is 0. The molecule has 1 saturated heterocycles. The Morgan fingerprint density at radius 1 is 1.29 bits per heavy atom. The van der Waals surface area contributed by atoms with Gasteiger partial charge in [0.1, 0.15) is 5.75 Å². The van der Waals surface area contributed by atoms with Gasteiger partial charge >= 0.3 is 0 Å². The second-order valence-corrected chi connectivity index (χ2v) is 7.69. The van der Waals surface area contributed by atoms with Gasteiger partial charge in [0.2, 0.25) is 17.7 Å². The van der Waals surface area contributed by atoms with Gasteiger partial charge in [-0.2, -0.15) is 0 Å². The zero-order chi connectivity index (χ0) is 19.9. The third-order valence-corrected chi connectivity index (χ3v) is 5.62. The van der Waals surface area contributed by atoms with Gasteiger partial charge in [-0.3, -0.25) is 9.59 Å². The summed E-state index contributed by atoms with van der Waals surface area (Å²) in [5.41, 5.74) is 1.45. The smallest absolute Gasteiger partial charge is 0.240 e. The lowest BCUT2D eigenvalue weighted by Crippen LogP contribution is -2.34. The topological polar surface area (TPSA) is 63.9 Å². The van der Waals surface area contributed by atoms with E-state index in [0.717, 1.165) is 18.4 Å². The average Bonchev–Trinajstić information content (AvgIpc) is 3.51. The van der Waals surface area contributed by atoms with Crippen LogP contribution >= 0.6 is 0 Å². The Bertz CT molecular complexity index is 989. The average molecular weight is 375 g/mol. The minimum absolute atomic E-state index is 0.179. The molecular weight excluding hydrogens is 354 g/mol. The second kappa shape index (κ2) is 6.75. The molecule has 142 valence electrons. The molecule has 28 heavy (non-hydrogen) atoms. The summed E-state index contributed by atoms with van der Waals surface area (Å²) in [6.07, 6.45) is 4.53. The third kappa shape index (κ3) is 3.13. The number of hydrogen-bond acceptors (Lipinski definition) is 4.